The van der Waals surface area contributed by atoms with Crippen LogP contribution >= 0.6 is 11.6 Å². The third-order valence-corrected chi connectivity index (χ3v) is 3.79. The van der Waals surface area contributed by atoms with Gasteiger partial charge in [-0.15, -0.1) is 0 Å². The van der Waals surface area contributed by atoms with Crippen molar-refractivity contribution in [3.8, 4) is 0 Å². The summed E-state index contributed by atoms with van der Waals surface area (Å²) in [7, 11) is 0. The number of aryl methyl sites for hydroxylation is 1. The minimum absolute atomic E-state index is 0.108. The van der Waals surface area contributed by atoms with Crippen LogP contribution in [-0.2, 0) is 0 Å². The predicted molar refractivity (Wildman–Crippen MR) is 69.3 cm³/mol. The van der Waals surface area contributed by atoms with Crippen LogP contribution < -0.4 is 11.1 Å². The van der Waals surface area contributed by atoms with Crippen LogP contribution in [0.4, 0.5) is 0 Å². The van der Waals surface area contributed by atoms with Gasteiger partial charge in [0.2, 0.25) is 0 Å². The number of hydrogen-bond acceptors (Lipinski definition) is 2. The number of nitrogens with two attached hydrogens (primary N) is 1. The number of hydrogen-bond donors (Lipinski definition) is 2. The highest BCUT2D eigenvalue weighted by molar-refractivity contribution is 6.31. The number of carbonyl (C=O) groups excluding carboxylic acids is 1. The largest absolute Gasteiger partial charge is 0.350 e. The average molecular weight is 253 g/mol. The molecule has 0 aromatic heterocycles. The Morgan fingerprint density at radius 1 is 1.53 bits per heavy atom. The van der Waals surface area contributed by atoms with Gasteiger partial charge in [0.15, 0.2) is 0 Å². The highest BCUT2D eigenvalue weighted by atomic mass is 35.5. The van der Waals surface area contributed by atoms with E-state index in [0.29, 0.717) is 17.1 Å². The van der Waals surface area contributed by atoms with Gasteiger partial charge in [-0.3, -0.25) is 4.79 Å². The van der Waals surface area contributed by atoms with Crippen LogP contribution in [0.15, 0.2) is 18.2 Å². The first-order valence-electron chi connectivity index (χ1n) is 5.83. The van der Waals surface area contributed by atoms with Gasteiger partial charge in [0.1, 0.15) is 0 Å². The smallest absolute Gasteiger partial charge is 0.251 e. The zero-order chi connectivity index (χ0) is 12.5. The molecule has 1 aliphatic carbocycles. The monoisotopic (exact) mass is 252 g/mol. The normalized spacial score (nSPS) is 17.4. The summed E-state index contributed by atoms with van der Waals surface area (Å²) in [5, 5.41) is 3.48. The summed E-state index contributed by atoms with van der Waals surface area (Å²) in [6.07, 6.45) is 3.13. The van der Waals surface area contributed by atoms with E-state index < -0.39 is 0 Å². The van der Waals surface area contributed by atoms with Crippen molar-refractivity contribution in [2.75, 3.05) is 6.54 Å². The molecule has 1 fully saturated rings. The molecule has 0 radical (unpaired) electrons. The third kappa shape index (κ3) is 2.79. The van der Waals surface area contributed by atoms with Crippen LogP contribution in [0, 0.1) is 6.92 Å². The van der Waals surface area contributed by atoms with Gasteiger partial charge in [-0.25, -0.2) is 0 Å². The van der Waals surface area contributed by atoms with E-state index in [2.05, 4.69) is 5.32 Å². The minimum atomic E-state index is -0.190. The topological polar surface area (TPSA) is 55.1 Å². The zero-order valence-corrected chi connectivity index (χ0v) is 10.7. The standard InChI is InChI=1S/C13H17ClN2O/c1-9-3-4-10(7-11(9)14)12(17)16-8-13(15)5-2-6-13/h3-4,7H,2,5-6,8,15H2,1H3,(H,16,17). The van der Waals surface area contributed by atoms with Gasteiger partial charge in [-0.1, -0.05) is 17.7 Å². The molecule has 0 unspecified atom stereocenters. The van der Waals surface area contributed by atoms with Crippen molar-refractivity contribution >= 4 is 17.5 Å². The maximum absolute atomic E-state index is 11.9. The van der Waals surface area contributed by atoms with E-state index >= 15 is 0 Å². The minimum Gasteiger partial charge on any atom is -0.350 e. The molecule has 4 heteroatoms. The van der Waals surface area contributed by atoms with Crippen molar-refractivity contribution in [3.05, 3.63) is 34.3 Å². The molecule has 0 bridgehead atoms. The Labute approximate surface area is 106 Å². The molecule has 1 aromatic rings. The third-order valence-electron chi connectivity index (χ3n) is 3.38. The molecule has 1 aliphatic rings. The lowest BCUT2D eigenvalue weighted by Crippen LogP contribution is -2.54. The Kier molecular flexibility index (Phi) is 3.40. The first-order valence-corrected chi connectivity index (χ1v) is 6.21. The molecule has 0 spiro atoms. The van der Waals surface area contributed by atoms with Gasteiger partial charge in [0, 0.05) is 22.7 Å². The molecule has 0 atom stereocenters. The van der Waals surface area contributed by atoms with Gasteiger partial charge in [0.05, 0.1) is 0 Å². The fourth-order valence-corrected chi connectivity index (χ4v) is 2.08. The second-order valence-corrected chi connectivity index (χ2v) is 5.27. The SMILES string of the molecule is Cc1ccc(C(=O)NCC2(N)CCC2)cc1Cl. The van der Waals surface area contributed by atoms with Crippen LogP contribution in [-0.4, -0.2) is 18.0 Å². The second kappa shape index (κ2) is 4.67. The summed E-state index contributed by atoms with van der Waals surface area (Å²) >= 11 is 5.98. The van der Waals surface area contributed by atoms with Crippen molar-refractivity contribution in [2.45, 2.75) is 31.7 Å². The van der Waals surface area contributed by atoms with Crippen LogP contribution in [0.1, 0.15) is 35.2 Å². The number of amides is 1. The Balaban J connectivity index is 1.97. The van der Waals surface area contributed by atoms with Gasteiger partial charge >= 0.3 is 0 Å². The maximum Gasteiger partial charge on any atom is 0.251 e. The van der Waals surface area contributed by atoms with Crippen molar-refractivity contribution in [1.29, 1.82) is 0 Å². The highest BCUT2D eigenvalue weighted by Crippen LogP contribution is 2.28. The second-order valence-electron chi connectivity index (χ2n) is 4.86. The van der Waals surface area contributed by atoms with Crippen molar-refractivity contribution in [1.82, 2.24) is 5.32 Å². The van der Waals surface area contributed by atoms with Crippen LogP contribution in [0.5, 0.6) is 0 Å². The summed E-state index contributed by atoms with van der Waals surface area (Å²) in [6, 6.07) is 5.31. The van der Waals surface area contributed by atoms with E-state index in [4.69, 9.17) is 17.3 Å². The van der Waals surface area contributed by atoms with Crippen LogP contribution in [0.2, 0.25) is 5.02 Å². The molecule has 1 saturated carbocycles. The lowest BCUT2D eigenvalue weighted by atomic mass is 9.78. The first kappa shape index (κ1) is 12.4. The fourth-order valence-electron chi connectivity index (χ4n) is 1.90. The number of rotatable bonds is 3. The molecular weight excluding hydrogens is 236 g/mol. The maximum atomic E-state index is 11.9. The molecule has 3 N–H and O–H groups in total. The van der Waals surface area contributed by atoms with Crippen molar-refractivity contribution in [2.24, 2.45) is 5.73 Å². The van der Waals surface area contributed by atoms with Gasteiger partial charge in [-0.05, 0) is 43.9 Å². The summed E-state index contributed by atoms with van der Waals surface area (Å²) in [5.74, 6) is -0.108. The average Bonchev–Trinajstić information content (AvgIpc) is 2.27. The number of halogens is 1. The molecule has 1 amide bonds. The fraction of sp³-hybridized carbons (Fsp3) is 0.462. The van der Waals surface area contributed by atoms with Gasteiger partial charge < -0.3 is 11.1 Å². The number of benzene rings is 1. The summed E-state index contributed by atoms with van der Waals surface area (Å²) in [5.41, 5.74) is 7.41. The number of nitrogens with one attached hydrogen (secondary N) is 1. The Bertz CT molecular complexity index is 441. The molecule has 17 heavy (non-hydrogen) atoms. The van der Waals surface area contributed by atoms with E-state index in [1.165, 1.54) is 0 Å². The van der Waals surface area contributed by atoms with E-state index in [-0.39, 0.29) is 11.4 Å². The summed E-state index contributed by atoms with van der Waals surface area (Å²) in [6.45, 7) is 2.45. The van der Waals surface area contributed by atoms with E-state index in [1.54, 1.807) is 12.1 Å². The molecule has 0 saturated heterocycles. The quantitative estimate of drug-likeness (QED) is 0.867. The summed E-state index contributed by atoms with van der Waals surface area (Å²) < 4.78 is 0. The van der Waals surface area contributed by atoms with Crippen LogP contribution in [0.3, 0.4) is 0 Å². The molecule has 1 aromatic carbocycles. The van der Waals surface area contributed by atoms with E-state index in [1.807, 2.05) is 13.0 Å². The Hall–Kier alpha value is -1.06. The lowest BCUT2D eigenvalue weighted by molar-refractivity contribution is 0.0930. The van der Waals surface area contributed by atoms with E-state index in [9.17, 15) is 4.79 Å². The predicted octanol–water partition coefficient (Wildman–Crippen LogP) is 2.26. The molecule has 0 heterocycles. The summed E-state index contributed by atoms with van der Waals surface area (Å²) in [4.78, 5) is 11.9. The lowest BCUT2D eigenvalue weighted by Gasteiger charge is -2.38. The molecule has 3 nitrogen and oxygen atoms in total. The number of carbonyl (C=O) groups is 1. The molecule has 0 aliphatic heterocycles. The highest BCUT2D eigenvalue weighted by Gasteiger charge is 2.32. The van der Waals surface area contributed by atoms with Gasteiger partial charge in [-0.2, -0.15) is 0 Å². The Morgan fingerprint density at radius 2 is 2.24 bits per heavy atom. The Morgan fingerprint density at radius 3 is 2.76 bits per heavy atom. The zero-order valence-electron chi connectivity index (χ0n) is 9.92. The molecule has 92 valence electrons. The van der Waals surface area contributed by atoms with Crippen LogP contribution in [0.25, 0.3) is 0 Å². The van der Waals surface area contributed by atoms with E-state index in [0.717, 1.165) is 24.8 Å². The van der Waals surface area contributed by atoms with Gasteiger partial charge in [0.25, 0.3) is 5.91 Å². The molecular formula is C13H17ClN2O. The van der Waals surface area contributed by atoms with Crippen molar-refractivity contribution in [3.63, 3.8) is 0 Å². The molecule has 2 rings (SSSR count). The van der Waals surface area contributed by atoms with Crippen molar-refractivity contribution < 1.29 is 4.79 Å². The first-order chi connectivity index (χ1) is 8.00.